The van der Waals surface area contributed by atoms with Crippen molar-refractivity contribution in [1.82, 2.24) is 10.6 Å². The molecule has 0 aromatic heterocycles. The van der Waals surface area contributed by atoms with Gasteiger partial charge in [-0.15, -0.1) is 0 Å². The molecule has 0 fully saturated rings. The summed E-state index contributed by atoms with van der Waals surface area (Å²) >= 11 is 9.29. The number of hydrogen-bond acceptors (Lipinski definition) is 3. The van der Waals surface area contributed by atoms with Crippen molar-refractivity contribution < 1.29 is 4.79 Å². The lowest BCUT2D eigenvalue weighted by molar-refractivity contribution is -0.120. The number of nitrogens with one attached hydrogen (secondary N) is 2. The minimum Gasteiger partial charge on any atom is -0.351 e. The lowest BCUT2D eigenvalue weighted by Gasteiger charge is -2.21. The van der Waals surface area contributed by atoms with Gasteiger partial charge in [0.2, 0.25) is 0 Å². The summed E-state index contributed by atoms with van der Waals surface area (Å²) in [6.45, 7) is 6.02. The van der Waals surface area contributed by atoms with Crippen molar-refractivity contribution in [3.8, 4) is 0 Å². The molecule has 2 N–H and O–H groups in total. The molecule has 1 aromatic rings. The standard InChI is InChI=1S/C13H15BrClN3O/c1-13(2,3)18-12-16-10(11(19)17-12)7-4-5-9(15)8(14)6-7/h4-6,10H,1-3H3,(H2,16,17,18,19). The summed E-state index contributed by atoms with van der Waals surface area (Å²) in [5, 5.41) is 6.51. The van der Waals surface area contributed by atoms with E-state index in [1.165, 1.54) is 0 Å². The molecule has 0 saturated carbocycles. The molecule has 19 heavy (non-hydrogen) atoms. The number of nitrogens with zero attached hydrogens (tertiary/aromatic N) is 1. The Balaban J connectivity index is 2.25. The van der Waals surface area contributed by atoms with Crippen LogP contribution in [0.5, 0.6) is 0 Å². The van der Waals surface area contributed by atoms with E-state index >= 15 is 0 Å². The molecule has 0 bridgehead atoms. The van der Waals surface area contributed by atoms with Crippen LogP contribution in [0.15, 0.2) is 27.7 Å². The molecular weight excluding hydrogens is 330 g/mol. The third-order valence-corrected chi connectivity index (χ3v) is 3.71. The molecule has 1 heterocycles. The zero-order valence-corrected chi connectivity index (χ0v) is 13.3. The van der Waals surface area contributed by atoms with Gasteiger partial charge in [-0.1, -0.05) is 17.7 Å². The van der Waals surface area contributed by atoms with Crippen LogP contribution >= 0.6 is 27.5 Å². The maximum Gasteiger partial charge on any atom is 0.256 e. The minimum atomic E-state index is -0.529. The van der Waals surface area contributed by atoms with Crippen LogP contribution in [0.4, 0.5) is 0 Å². The maximum atomic E-state index is 12.0. The number of carbonyl (C=O) groups excluding carboxylic acids is 1. The van der Waals surface area contributed by atoms with Gasteiger partial charge in [0.05, 0.1) is 5.02 Å². The summed E-state index contributed by atoms with van der Waals surface area (Å²) in [6.07, 6.45) is 0. The van der Waals surface area contributed by atoms with Gasteiger partial charge in [-0.05, 0) is 54.4 Å². The first-order chi connectivity index (χ1) is 8.76. The molecule has 1 aromatic carbocycles. The summed E-state index contributed by atoms with van der Waals surface area (Å²) in [5.41, 5.74) is 0.654. The van der Waals surface area contributed by atoms with E-state index in [2.05, 4.69) is 31.6 Å². The molecule has 1 aliphatic heterocycles. The number of aliphatic imine (C=N–C) groups is 1. The summed E-state index contributed by atoms with van der Waals surface area (Å²) in [6, 6.07) is 4.84. The molecule has 0 radical (unpaired) electrons. The van der Waals surface area contributed by atoms with Gasteiger partial charge >= 0.3 is 0 Å². The number of carbonyl (C=O) groups is 1. The van der Waals surface area contributed by atoms with E-state index in [1.807, 2.05) is 26.8 Å². The molecular formula is C13H15BrClN3O. The van der Waals surface area contributed by atoms with E-state index in [0.29, 0.717) is 11.0 Å². The molecule has 1 amide bonds. The molecule has 1 aliphatic rings. The van der Waals surface area contributed by atoms with Gasteiger partial charge in [-0.2, -0.15) is 0 Å². The van der Waals surface area contributed by atoms with Crippen LogP contribution in [0.1, 0.15) is 32.4 Å². The van der Waals surface area contributed by atoms with Crippen molar-refractivity contribution in [3.05, 3.63) is 33.3 Å². The zero-order valence-electron chi connectivity index (χ0n) is 10.9. The normalized spacial score (nSPS) is 19.1. The lowest BCUT2D eigenvalue weighted by Crippen LogP contribution is -2.46. The second kappa shape index (κ2) is 5.13. The number of benzene rings is 1. The number of amides is 1. The Morgan fingerprint density at radius 1 is 1.42 bits per heavy atom. The van der Waals surface area contributed by atoms with Crippen LogP contribution in [-0.2, 0) is 4.79 Å². The molecule has 6 heteroatoms. The van der Waals surface area contributed by atoms with E-state index in [4.69, 9.17) is 11.6 Å². The third-order valence-electron chi connectivity index (χ3n) is 2.50. The predicted octanol–water partition coefficient (Wildman–Crippen LogP) is 3.02. The van der Waals surface area contributed by atoms with Gasteiger partial charge in [0.15, 0.2) is 12.0 Å². The first-order valence-electron chi connectivity index (χ1n) is 5.88. The smallest absolute Gasteiger partial charge is 0.256 e. The molecule has 1 atom stereocenters. The molecule has 102 valence electrons. The van der Waals surface area contributed by atoms with Gasteiger partial charge in [0.1, 0.15) is 0 Å². The van der Waals surface area contributed by atoms with E-state index in [-0.39, 0.29) is 11.4 Å². The third kappa shape index (κ3) is 3.48. The van der Waals surface area contributed by atoms with Gasteiger partial charge in [0, 0.05) is 10.0 Å². The first kappa shape index (κ1) is 14.3. The van der Waals surface area contributed by atoms with Crippen molar-refractivity contribution in [2.24, 2.45) is 4.99 Å². The topological polar surface area (TPSA) is 53.5 Å². The summed E-state index contributed by atoms with van der Waals surface area (Å²) in [4.78, 5) is 16.3. The van der Waals surface area contributed by atoms with Crippen LogP contribution in [0, 0.1) is 0 Å². The second-order valence-corrected chi connectivity index (χ2v) is 6.68. The van der Waals surface area contributed by atoms with Crippen molar-refractivity contribution in [1.29, 1.82) is 0 Å². The van der Waals surface area contributed by atoms with Crippen molar-refractivity contribution >= 4 is 39.4 Å². The van der Waals surface area contributed by atoms with Crippen LogP contribution in [-0.4, -0.2) is 17.4 Å². The minimum absolute atomic E-state index is 0.138. The molecule has 4 nitrogen and oxygen atoms in total. The Hall–Kier alpha value is -1.07. The monoisotopic (exact) mass is 343 g/mol. The molecule has 1 unspecified atom stereocenters. The van der Waals surface area contributed by atoms with Crippen LogP contribution in [0.2, 0.25) is 5.02 Å². The number of guanidine groups is 1. The van der Waals surface area contributed by atoms with Gasteiger partial charge in [-0.25, -0.2) is 4.99 Å². The largest absolute Gasteiger partial charge is 0.351 e. The Morgan fingerprint density at radius 2 is 2.11 bits per heavy atom. The number of halogens is 2. The summed E-state index contributed by atoms with van der Waals surface area (Å²) in [5.74, 6) is 0.370. The quantitative estimate of drug-likeness (QED) is 0.823. The predicted molar refractivity (Wildman–Crippen MR) is 80.4 cm³/mol. The highest BCUT2D eigenvalue weighted by atomic mass is 79.9. The van der Waals surface area contributed by atoms with Crippen molar-refractivity contribution in [2.45, 2.75) is 32.4 Å². The molecule has 0 saturated heterocycles. The van der Waals surface area contributed by atoms with E-state index in [0.717, 1.165) is 10.0 Å². The van der Waals surface area contributed by atoms with Crippen LogP contribution < -0.4 is 10.6 Å². The van der Waals surface area contributed by atoms with E-state index < -0.39 is 6.04 Å². The highest BCUT2D eigenvalue weighted by molar-refractivity contribution is 9.10. The fraction of sp³-hybridized carbons (Fsp3) is 0.385. The van der Waals surface area contributed by atoms with Crippen molar-refractivity contribution in [2.75, 3.05) is 0 Å². The zero-order chi connectivity index (χ0) is 14.2. The van der Waals surface area contributed by atoms with Gasteiger partial charge in [-0.3, -0.25) is 10.1 Å². The first-order valence-corrected chi connectivity index (χ1v) is 7.05. The lowest BCUT2D eigenvalue weighted by atomic mass is 10.1. The highest BCUT2D eigenvalue weighted by Gasteiger charge is 2.29. The number of rotatable bonds is 1. The average molecular weight is 345 g/mol. The fourth-order valence-electron chi connectivity index (χ4n) is 1.73. The second-order valence-electron chi connectivity index (χ2n) is 5.42. The van der Waals surface area contributed by atoms with Gasteiger partial charge in [0.25, 0.3) is 5.91 Å². The highest BCUT2D eigenvalue weighted by Crippen LogP contribution is 2.29. The Bertz CT molecular complexity index is 551. The van der Waals surface area contributed by atoms with E-state index in [9.17, 15) is 4.79 Å². The summed E-state index contributed by atoms with van der Waals surface area (Å²) < 4.78 is 0.756. The Morgan fingerprint density at radius 3 is 2.68 bits per heavy atom. The van der Waals surface area contributed by atoms with E-state index in [1.54, 1.807) is 12.1 Å². The van der Waals surface area contributed by atoms with Crippen molar-refractivity contribution in [3.63, 3.8) is 0 Å². The number of hydrogen-bond donors (Lipinski definition) is 2. The molecule has 0 aliphatic carbocycles. The van der Waals surface area contributed by atoms with Crippen LogP contribution in [0.25, 0.3) is 0 Å². The van der Waals surface area contributed by atoms with Gasteiger partial charge < -0.3 is 5.32 Å². The molecule has 0 spiro atoms. The Labute approximate surface area is 125 Å². The SMILES string of the molecule is CC(C)(C)NC1=NC(c2ccc(Cl)c(Br)c2)C(=O)N1. The average Bonchev–Trinajstić information content (AvgIpc) is 2.61. The Kier molecular flexibility index (Phi) is 3.87. The maximum absolute atomic E-state index is 12.0. The fourth-order valence-corrected chi connectivity index (χ4v) is 2.25. The van der Waals surface area contributed by atoms with Crippen LogP contribution in [0.3, 0.4) is 0 Å². The molecule has 2 rings (SSSR count). The summed E-state index contributed by atoms with van der Waals surface area (Å²) in [7, 11) is 0.